The molecule has 2 rings (SSSR count). The highest BCUT2D eigenvalue weighted by atomic mass is 32.2. The summed E-state index contributed by atoms with van der Waals surface area (Å²) in [7, 11) is 1.67. The molecular weight excluding hydrogens is 232 g/mol. The third-order valence-electron chi connectivity index (χ3n) is 2.32. The molecule has 0 amide bonds. The maximum atomic E-state index is 5.53. The van der Waals surface area contributed by atoms with E-state index in [0.29, 0.717) is 6.54 Å². The molecule has 0 saturated carbocycles. The van der Waals surface area contributed by atoms with Crippen molar-refractivity contribution in [3.05, 3.63) is 48.2 Å². The van der Waals surface area contributed by atoms with Gasteiger partial charge in [-0.05, 0) is 23.8 Å². The van der Waals surface area contributed by atoms with Crippen LogP contribution in [0.4, 0.5) is 0 Å². The smallest absolute Gasteiger partial charge is 0.132 e. The largest absolute Gasteiger partial charge is 0.496 e. The molecule has 3 nitrogen and oxygen atoms in total. The van der Waals surface area contributed by atoms with Crippen molar-refractivity contribution in [2.24, 2.45) is 5.73 Å². The second-order valence-electron chi connectivity index (χ2n) is 3.46. The zero-order chi connectivity index (χ0) is 12.1. The molecule has 0 radical (unpaired) electrons. The molecule has 0 fully saturated rings. The lowest BCUT2D eigenvalue weighted by Gasteiger charge is -2.07. The van der Waals surface area contributed by atoms with Gasteiger partial charge < -0.3 is 10.5 Å². The van der Waals surface area contributed by atoms with Crippen LogP contribution in [-0.4, -0.2) is 12.1 Å². The second-order valence-corrected chi connectivity index (χ2v) is 4.52. The summed E-state index contributed by atoms with van der Waals surface area (Å²) in [5.74, 6) is 0.863. The predicted molar refractivity (Wildman–Crippen MR) is 69.2 cm³/mol. The molecule has 0 unspecified atom stereocenters. The fraction of sp³-hybridized carbons (Fsp3) is 0.154. The summed E-state index contributed by atoms with van der Waals surface area (Å²) in [4.78, 5) is 5.41. The Morgan fingerprint density at radius 2 is 2.06 bits per heavy atom. The number of para-hydroxylation sites is 1. The lowest BCUT2D eigenvalue weighted by molar-refractivity contribution is 0.405. The first-order chi connectivity index (χ1) is 8.33. The quantitative estimate of drug-likeness (QED) is 0.901. The van der Waals surface area contributed by atoms with Gasteiger partial charge in [-0.25, -0.2) is 4.98 Å². The summed E-state index contributed by atoms with van der Waals surface area (Å²) in [6.07, 6.45) is 1.80. The first kappa shape index (κ1) is 12.0. The maximum absolute atomic E-state index is 5.53. The molecule has 88 valence electrons. The first-order valence-electron chi connectivity index (χ1n) is 5.29. The van der Waals surface area contributed by atoms with Crippen LogP contribution in [0.25, 0.3) is 0 Å². The normalized spacial score (nSPS) is 10.2. The molecule has 0 aliphatic rings. The van der Waals surface area contributed by atoms with Gasteiger partial charge in [0, 0.05) is 12.7 Å². The summed E-state index contributed by atoms with van der Waals surface area (Å²) in [5.41, 5.74) is 6.57. The van der Waals surface area contributed by atoms with E-state index in [9.17, 15) is 0 Å². The van der Waals surface area contributed by atoms with E-state index in [1.165, 1.54) is 0 Å². The van der Waals surface area contributed by atoms with Gasteiger partial charge in [-0.2, -0.15) is 0 Å². The summed E-state index contributed by atoms with van der Waals surface area (Å²) in [5, 5.41) is 0.937. The molecule has 4 heteroatoms. The summed E-state index contributed by atoms with van der Waals surface area (Å²) in [6.45, 7) is 0.520. The van der Waals surface area contributed by atoms with E-state index in [1.807, 2.05) is 36.4 Å². The van der Waals surface area contributed by atoms with E-state index in [1.54, 1.807) is 25.1 Å². The number of nitrogens with two attached hydrogens (primary N) is 1. The fourth-order valence-corrected chi connectivity index (χ4v) is 2.27. The first-order valence-corrected chi connectivity index (χ1v) is 6.11. The van der Waals surface area contributed by atoms with Crippen LogP contribution in [0.5, 0.6) is 5.75 Å². The maximum Gasteiger partial charge on any atom is 0.132 e. The average Bonchev–Trinajstić information content (AvgIpc) is 2.40. The number of methoxy groups -OCH3 is 1. The van der Waals surface area contributed by atoms with E-state index in [-0.39, 0.29) is 0 Å². The third-order valence-corrected chi connectivity index (χ3v) is 3.32. The van der Waals surface area contributed by atoms with Gasteiger partial charge in [-0.1, -0.05) is 30.0 Å². The van der Waals surface area contributed by atoms with Crippen molar-refractivity contribution in [3.8, 4) is 5.75 Å². The Morgan fingerprint density at radius 1 is 1.24 bits per heavy atom. The number of ether oxygens (including phenoxy) is 1. The highest BCUT2D eigenvalue weighted by Gasteiger charge is 2.04. The number of rotatable bonds is 4. The SMILES string of the molecule is COc1ccccc1Sc1ccc(CN)cn1. The standard InChI is InChI=1S/C13H14N2OS/c1-16-11-4-2-3-5-12(11)17-13-7-6-10(8-14)9-15-13/h2-7,9H,8,14H2,1H3. The topological polar surface area (TPSA) is 48.1 Å². The van der Waals surface area contributed by atoms with Crippen LogP contribution in [-0.2, 0) is 6.54 Å². The summed E-state index contributed by atoms with van der Waals surface area (Å²) >= 11 is 1.58. The van der Waals surface area contributed by atoms with Gasteiger partial charge in [0.05, 0.1) is 12.0 Å². The molecule has 2 aromatic rings. The minimum atomic E-state index is 0.520. The van der Waals surface area contributed by atoms with Crippen LogP contribution in [0.1, 0.15) is 5.56 Å². The molecule has 0 atom stereocenters. The highest BCUT2D eigenvalue weighted by Crippen LogP contribution is 2.33. The van der Waals surface area contributed by atoms with Crippen molar-refractivity contribution in [2.45, 2.75) is 16.5 Å². The van der Waals surface area contributed by atoms with E-state index < -0.39 is 0 Å². The Bertz CT molecular complexity index is 485. The van der Waals surface area contributed by atoms with E-state index in [2.05, 4.69) is 4.98 Å². The lowest BCUT2D eigenvalue weighted by Crippen LogP contribution is -1.96. The Kier molecular flexibility index (Phi) is 4.01. The van der Waals surface area contributed by atoms with Crippen LogP contribution < -0.4 is 10.5 Å². The number of pyridine rings is 1. The zero-order valence-electron chi connectivity index (χ0n) is 9.59. The monoisotopic (exact) mass is 246 g/mol. The Morgan fingerprint density at radius 3 is 2.71 bits per heavy atom. The van der Waals surface area contributed by atoms with Crippen molar-refractivity contribution in [1.82, 2.24) is 4.98 Å². The van der Waals surface area contributed by atoms with E-state index in [4.69, 9.17) is 10.5 Å². The minimum absolute atomic E-state index is 0.520. The van der Waals surface area contributed by atoms with Gasteiger partial charge in [0.15, 0.2) is 0 Å². The van der Waals surface area contributed by atoms with Crippen LogP contribution >= 0.6 is 11.8 Å². The number of nitrogens with zero attached hydrogens (tertiary/aromatic N) is 1. The number of hydrogen-bond acceptors (Lipinski definition) is 4. The molecule has 1 heterocycles. The van der Waals surface area contributed by atoms with Crippen molar-refractivity contribution in [1.29, 1.82) is 0 Å². The molecule has 17 heavy (non-hydrogen) atoms. The summed E-state index contributed by atoms with van der Waals surface area (Å²) in [6, 6.07) is 11.9. The minimum Gasteiger partial charge on any atom is -0.496 e. The van der Waals surface area contributed by atoms with Crippen molar-refractivity contribution < 1.29 is 4.74 Å². The van der Waals surface area contributed by atoms with E-state index in [0.717, 1.165) is 21.2 Å². The van der Waals surface area contributed by atoms with Crippen molar-refractivity contribution in [3.63, 3.8) is 0 Å². The number of aromatic nitrogens is 1. The Balaban J connectivity index is 2.19. The molecule has 1 aromatic carbocycles. The Labute approximate surface area is 105 Å². The highest BCUT2D eigenvalue weighted by molar-refractivity contribution is 7.99. The molecule has 2 N–H and O–H groups in total. The lowest BCUT2D eigenvalue weighted by atomic mass is 10.3. The molecule has 0 saturated heterocycles. The molecule has 0 spiro atoms. The number of hydrogen-bond donors (Lipinski definition) is 1. The van der Waals surface area contributed by atoms with Crippen molar-refractivity contribution >= 4 is 11.8 Å². The average molecular weight is 246 g/mol. The van der Waals surface area contributed by atoms with Crippen LogP contribution in [0.2, 0.25) is 0 Å². The summed E-state index contributed by atoms with van der Waals surface area (Å²) < 4.78 is 5.29. The molecule has 0 aliphatic heterocycles. The van der Waals surface area contributed by atoms with Crippen LogP contribution in [0.3, 0.4) is 0 Å². The van der Waals surface area contributed by atoms with Gasteiger partial charge in [-0.3, -0.25) is 0 Å². The van der Waals surface area contributed by atoms with Crippen LogP contribution in [0.15, 0.2) is 52.5 Å². The molecule has 1 aromatic heterocycles. The molecular formula is C13H14N2OS. The molecule has 0 bridgehead atoms. The van der Waals surface area contributed by atoms with Gasteiger partial charge in [-0.15, -0.1) is 0 Å². The van der Waals surface area contributed by atoms with Gasteiger partial charge >= 0.3 is 0 Å². The predicted octanol–water partition coefficient (Wildman–Crippen LogP) is 2.70. The van der Waals surface area contributed by atoms with Gasteiger partial charge in [0.25, 0.3) is 0 Å². The Hall–Kier alpha value is -1.52. The van der Waals surface area contributed by atoms with E-state index >= 15 is 0 Å². The zero-order valence-corrected chi connectivity index (χ0v) is 10.4. The third kappa shape index (κ3) is 2.99. The number of benzene rings is 1. The van der Waals surface area contributed by atoms with Crippen LogP contribution in [0, 0.1) is 0 Å². The molecule has 0 aliphatic carbocycles. The van der Waals surface area contributed by atoms with Gasteiger partial charge in [0.2, 0.25) is 0 Å². The van der Waals surface area contributed by atoms with Gasteiger partial charge in [0.1, 0.15) is 10.8 Å². The second kappa shape index (κ2) is 5.70. The van der Waals surface area contributed by atoms with Crippen molar-refractivity contribution in [2.75, 3.05) is 7.11 Å². The fourth-order valence-electron chi connectivity index (χ4n) is 1.41.